The molecule has 0 bridgehead atoms. The van der Waals surface area contributed by atoms with E-state index in [2.05, 4.69) is 21.8 Å². The third-order valence-electron chi connectivity index (χ3n) is 6.03. The molecule has 0 atom stereocenters. The number of nitrogen functional groups attached to an aromatic ring is 2. The maximum atomic E-state index is 12.0. The number of imidazole rings is 2. The quantitative estimate of drug-likeness (QED) is 0.113. The SMILES string of the molecule is Br.Br.COC(=O)c1cc(OC)c2c(c1)nc(N)n2C/C=C/Cn1c(N)nc2cc(C(N)=O)cc(OCC#CC(C)(C)O)c21. The zero-order chi connectivity index (χ0) is 29.9. The van der Waals surface area contributed by atoms with Crippen molar-refractivity contribution in [2.45, 2.75) is 32.5 Å². The maximum absolute atomic E-state index is 12.0. The van der Waals surface area contributed by atoms with Crippen molar-refractivity contribution in [1.82, 2.24) is 19.1 Å². The molecule has 2 aromatic carbocycles. The van der Waals surface area contributed by atoms with E-state index in [-0.39, 0.29) is 58.0 Å². The van der Waals surface area contributed by atoms with Crippen LogP contribution in [0.5, 0.6) is 11.5 Å². The van der Waals surface area contributed by atoms with Gasteiger partial charge in [-0.2, -0.15) is 0 Å². The summed E-state index contributed by atoms with van der Waals surface area (Å²) < 4.78 is 19.6. The number of nitrogens with zero attached hydrogens (tertiary/aromatic N) is 4. The second-order valence-electron chi connectivity index (χ2n) is 9.53. The third-order valence-corrected chi connectivity index (χ3v) is 6.03. The van der Waals surface area contributed by atoms with E-state index in [1.807, 2.05) is 12.2 Å². The van der Waals surface area contributed by atoms with E-state index in [4.69, 9.17) is 31.4 Å². The summed E-state index contributed by atoms with van der Waals surface area (Å²) in [6, 6.07) is 6.20. The van der Waals surface area contributed by atoms with Gasteiger partial charge in [0.05, 0.1) is 30.8 Å². The molecule has 4 aromatic rings. The van der Waals surface area contributed by atoms with Crippen molar-refractivity contribution in [2.75, 3.05) is 32.3 Å². The van der Waals surface area contributed by atoms with Gasteiger partial charge in [0, 0.05) is 18.7 Å². The highest BCUT2D eigenvalue weighted by Crippen LogP contribution is 2.31. The predicted octanol–water partition coefficient (Wildman–Crippen LogP) is 3.01. The molecule has 15 heteroatoms. The number of methoxy groups -OCH3 is 2. The lowest BCUT2D eigenvalue weighted by atomic mass is 10.1. The van der Waals surface area contributed by atoms with Crippen LogP contribution < -0.4 is 26.7 Å². The Hall–Kier alpha value is -4.26. The Morgan fingerprint density at radius 1 is 0.930 bits per heavy atom. The van der Waals surface area contributed by atoms with Crippen LogP contribution in [-0.2, 0) is 17.8 Å². The number of allylic oxidation sites excluding steroid dienone is 2. The summed E-state index contributed by atoms with van der Waals surface area (Å²) in [7, 11) is 2.79. The van der Waals surface area contributed by atoms with E-state index < -0.39 is 17.5 Å². The number of aromatic nitrogens is 4. The lowest BCUT2D eigenvalue weighted by Crippen LogP contribution is -2.15. The summed E-state index contributed by atoms with van der Waals surface area (Å²) in [6.07, 6.45) is 3.72. The van der Waals surface area contributed by atoms with E-state index in [9.17, 15) is 14.7 Å². The second-order valence-corrected chi connectivity index (χ2v) is 9.53. The van der Waals surface area contributed by atoms with Crippen LogP contribution in [0.3, 0.4) is 0 Å². The zero-order valence-electron chi connectivity index (χ0n) is 23.9. The van der Waals surface area contributed by atoms with Crippen molar-refractivity contribution in [3.05, 3.63) is 47.5 Å². The fraction of sp³-hybridized carbons (Fsp3) is 0.286. The first-order valence-electron chi connectivity index (χ1n) is 12.4. The van der Waals surface area contributed by atoms with Crippen molar-refractivity contribution < 1.29 is 28.9 Å². The molecule has 0 unspecified atom stereocenters. The number of ether oxygens (including phenoxy) is 3. The van der Waals surface area contributed by atoms with E-state index >= 15 is 0 Å². The minimum Gasteiger partial charge on any atom is -0.494 e. The number of benzene rings is 2. The van der Waals surface area contributed by atoms with E-state index in [1.54, 1.807) is 35.1 Å². The second kappa shape index (κ2) is 14.3. The van der Waals surface area contributed by atoms with Gasteiger partial charge < -0.3 is 45.7 Å². The van der Waals surface area contributed by atoms with Gasteiger partial charge in [-0.05, 0) is 38.1 Å². The molecule has 0 aliphatic heterocycles. The molecule has 7 N–H and O–H groups in total. The highest BCUT2D eigenvalue weighted by atomic mass is 79.9. The van der Waals surface area contributed by atoms with Crippen molar-refractivity contribution in [3.63, 3.8) is 0 Å². The van der Waals surface area contributed by atoms with Gasteiger partial charge in [-0.25, -0.2) is 14.8 Å². The summed E-state index contributed by atoms with van der Waals surface area (Å²) in [6.45, 7) is 3.72. The molecule has 2 heterocycles. The minimum atomic E-state index is -1.18. The average Bonchev–Trinajstić information content (AvgIpc) is 3.41. The molecule has 43 heavy (non-hydrogen) atoms. The molecular formula is C28H33Br2N7O6. The number of amides is 1. The van der Waals surface area contributed by atoms with Crippen LogP contribution >= 0.6 is 34.0 Å². The molecule has 0 aliphatic rings. The Bertz CT molecular complexity index is 1750. The summed E-state index contributed by atoms with van der Waals surface area (Å²) in [4.78, 5) is 32.7. The van der Waals surface area contributed by atoms with Crippen molar-refractivity contribution in [1.29, 1.82) is 0 Å². The molecule has 2 aromatic heterocycles. The molecule has 1 amide bonds. The molecule has 0 radical (unpaired) electrons. The molecule has 0 fully saturated rings. The van der Waals surface area contributed by atoms with Gasteiger partial charge in [0.25, 0.3) is 0 Å². The molecule has 0 saturated carbocycles. The summed E-state index contributed by atoms with van der Waals surface area (Å²) in [5, 5.41) is 9.82. The average molecular weight is 723 g/mol. The summed E-state index contributed by atoms with van der Waals surface area (Å²) in [5.41, 5.74) is 19.3. The summed E-state index contributed by atoms with van der Waals surface area (Å²) in [5.74, 6) is 5.43. The molecule has 0 aliphatic carbocycles. The number of carbonyl (C=O) groups excluding carboxylic acids is 2. The van der Waals surface area contributed by atoms with E-state index in [0.717, 1.165) is 0 Å². The lowest BCUT2D eigenvalue weighted by Gasteiger charge is -2.11. The van der Waals surface area contributed by atoms with Crippen molar-refractivity contribution in [2.24, 2.45) is 5.73 Å². The van der Waals surface area contributed by atoms with Gasteiger partial charge in [-0.1, -0.05) is 24.0 Å². The Morgan fingerprint density at radius 3 is 1.93 bits per heavy atom. The molecule has 0 saturated heterocycles. The standard InChI is InChI=1S/C28H31N7O6.2BrH/c1-28(2,38)8-7-11-41-21-14-16(24(29)36)12-18-23(21)35(27(31)32-18)10-6-5-9-34-22-19(33-26(34)30)13-17(25(37)40-4)15-20(22)39-3;;/h5-6,12-15,38H,9-11H2,1-4H3,(H2,29,36)(H2,30,33)(H2,31,32);2*1H/b6-5+;;. The highest BCUT2D eigenvalue weighted by Gasteiger charge is 2.19. The molecule has 13 nitrogen and oxygen atoms in total. The van der Waals surface area contributed by atoms with Crippen molar-refractivity contribution >= 4 is 79.8 Å². The first-order chi connectivity index (χ1) is 19.4. The fourth-order valence-corrected chi connectivity index (χ4v) is 4.24. The number of aliphatic hydroxyl groups is 1. The van der Waals surface area contributed by atoms with Crippen LogP contribution in [0.4, 0.5) is 11.9 Å². The number of rotatable bonds is 9. The Morgan fingerprint density at radius 2 is 1.44 bits per heavy atom. The largest absolute Gasteiger partial charge is 0.494 e. The van der Waals surface area contributed by atoms with Gasteiger partial charge in [0.15, 0.2) is 0 Å². The molecule has 230 valence electrons. The van der Waals surface area contributed by atoms with Crippen LogP contribution in [0.15, 0.2) is 36.4 Å². The third kappa shape index (κ3) is 7.78. The number of nitrogens with two attached hydrogens (primary N) is 3. The number of halogens is 2. The number of hydrogen-bond donors (Lipinski definition) is 4. The van der Waals surface area contributed by atoms with Crippen LogP contribution in [-0.4, -0.2) is 62.5 Å². The predicted molar refractivity (Wildman–Crippen MR) is 174 cm³/mol. The Balaban J connectivity index is 0.00000323. The number of fused-ring (bicyclic) bond motifs is 2. The first-order valence-corrected chi connectivity index (χ1v) is 12.4. The molecule has 0 spiro atoms. The monoisotopic (exact) mass is 721 g/mol. The lowest BCUT2D eigenvalue weighted by molar-refractivity contribution is 0.0600. The number of carbonyl (C=O) groups is 2. The number of esters is 1. The van der Waals surface area contributed by atoms with Crippen LogP contribution in [0, 0.1) is 11.8 Å². The zero-order valence-corrected chi connectivity index (χ0v) is 27.3. The van der Waals surface area contributed by atoms with Crippen LogP contribution in [0.1, 0.15) is 34.6 Å². The number of hydrogen-bond acceptors (Lipinski definition) is 10. The maximum Gasteiger partial charge on any atom is 0.338 e. The highest BCUT2D eigenvalue weighted by molar-refractivity contribution is 8.93. The van der Waals surface area contributed by atoms with Crippen LogP contribution in [0.2, 0.25) is 0 Å². The molecular weight excluding hydrogens is 690 g/mol. The first kappa shape index (κ1) is 34.9. The van der Waals surface area contributed by atoms with Gasteiger partial charge in [0.1, 0.15) is 34.7 Å². The van der Waals surface area contributed by atoms with Crippen molar-refractivity contribution in [3.8, 4) is 23.3 Å². The van der Waals surface area contributed by atoms with E-state index in [1.165, 1.54) is 26.4 Å². The Labute approximate surface area is 268 Å². The summed E-state index contributed by atoms with van der Waals surface area (Å²) >= 11 is 0. The van der Waals surface area contributed by atoms with Gasteiger partial charge >= 0.3 is 5.97 Å². The van der Waals surface area contributed by atoms with Gasteiger partial charge in [-0.15, -0.1) is 34.0 Å². The molecule has 4 rings (SSSR count). The fourth-order valence-electron chi connectivity index (χ4n) is 4.24. The topological polar surface area (TPSA) is 196 Å². The van der Waals surface area contributed by atoms with Gasteiger partial charge in [-0.3, -0.25) is 4.79 Å². The normalized spacial score (nSPS) is 11.0. The van der Waals surface area contributed by atoms with Gasteiger partial charge in [0.2, 0.25) is 17.8 Å². The Kier molecular flexibility index (Phi) is 11.6. The number of anilines is 2. The number of primary amides is 1. The smallest absolute Gasteiger partial charge is 0.338 e. The minimum absolute atomic E-state index is 0. The van der Waals surface area contributed by atoms with E-state index in [0.29, 0.717) is 52.2 Å². The van der Waals surface area contributed by atoms with Crippen LogP contribution in [0.25, 0.3) is 22.1 Å².